The molecule has 1 aromatic rings. The second kappa shape index (κ2) is 4.64. The van der Waals surface area contributed by atoms with Crippen molar-refractivity contribution in [2.24, 2.45) is 0 Å². The highest BCUT2D eigenvalue weighted by molar-refractivity contribution is 7.89. The van der Waals surface area contributed by atoms with Crippen molar-refractivity contribution < 1.29 is 8.42 Å². The van der Waals surface area contributed by atoms with Gasteiger partial charge in [0, 0.05) is 26.2 Å². The maximum Gasteiger partial charge on any atom is 0.243 e. The fourth-order valence-electron chi connectivity index (χ4n) is 2.69. The molecule has 0 spiro atoms. The van der Waals surface area contributed by atoms with Crippen molar-refractivity contribution in [3.05, 3.63) is 29.3 Å². The average Bonchev–Trinajstić information content (AvgIpc) is 2.87. The van der Waals surface area contributed by atoms with Crippen molar-refractivity contribution in [1.29, 1.82) is 0 Å². The van der Waals surface area contributed by atoms with Gasteiger partial charge in [0.1, 0.15) is 0 Å². The van der Waals surface area contributed by atoms with E-state index in [1.54, 1.807) is 10.4 Å². The number of nitrogens with one attached hydrogen (secondary N) is 1. The largest absolute Gasteiger partial charge is 0.309 e. The lowest BCUT2D eigenvalue weighted by atomic mass is 10.1. The Morgan fingerprint density at radius 3 is 2.50 bits per heavy atom. The Hall–Kier alpha value is -0.910. The molecule has 2 heterocycles. The van der Waals surface area contributed by atoms with Crippen LogP contribution < -0.4 is 5.32 Å². The summed E-state index contributed by atoms with van der Waals surface area (Å²) in [6, 6.07) is 5.52. The van der Waals surface area contributed by atoms with Gasteiger partial charge in [0.05, 0.1) is 4.90 Å². The lowest BCUT2D eigenvalue weighted by Crippen LogP contribution is -2.35. The van der Waals surface area contributed by atoms with E-state index in [-0.39, 0.29) is 0 Å². The number of fused-ring (bicyclic) bond motifs is 1. The standard InChI is InChI=1S/C13H18N2O2S/c16-18(17,15-6-2-1-3-7-15)13-5-4-11-9-14-10-12(11)8-13/h4-5,8,14H,1-3,6-7,9-10H2. The second-order valence-electron chi connectivity index (χ2n) is 5.00. The third kappa shape index (κ3) is 2.06. The van der Waals surface area contributed by atoms with Gasteiger partial charge in [-0.15, -0.1) is 0 Å². The molecule has 0 aromatic heterocycles. The van der Waals surface area contributed by atoms with Crippen LogP contribution in [0.1, 0.15) is 30.4 Å². The summed E-state index contributed by atoms with van der Waals surface area (Å²) >= 11 is 0. The van der Waals surface area contributed by atoms with Crippen LogP contribution in [-0.2, 0) is 23.1 Å². The highest BCUT2D eigenvalue weighted by atomic mass is 32.2. The molecule has 0 unspecified atom stereocenters. The summed E-state index contributed by atoms with van der Waals surface area (Å²) in [5, 5.41) is 3.24. The Morgan fingerprint density at radius 2 is 1.72 bits per heavy atom. The quantitative estimate of drug-likeness (QED) is 0.881. The van der Waals surface area contributed by atoms with Gasteiger partial charge in [0.2, 0.25) is 10.0 Å². The maximum atomic E-state index is 12.5. The molecule has 2 aliphatic rings. The molecule has 1 saturated heterocycles. The zero-order valence-electron chi connectivity index (χ0n) is 10.4. The molecule has 0 bridgehead atoms. The third-order valence-corrected chi connectivity index (χ3v) is 5.66. The second-order valence-corrected chi connectivity index (χ2v) is 6.94. The fourth-order valence-corrected chi connectivity index (χ4v) is 4.25. The average molecular weight is 266 g/mol. The summed E-state index contributed by atoms with van der Waals surface area (Å²) < 4.78 is 26.6. The van der Waals surface area contributed by atoms with Crippen molar-refractivity contribution in [2.75, 3.05) is 13.1 Å². The van der Waals surface area contributed by atoms with Crippen LogP contribution >= 0.6 is 0 Å². The van der Waals surface area contributed by atoms with E-state index in [1.807, 2.05) is 12.1 Å². The lowest BCUT2D eigenvalue weighted by molar-refractivity contribution is 0.346. The molecule has 0 radical (unpaired) electrons. The molecule has 0 saturated carbocycles. The molecule has 98 valence electrons. The zero-order chi connectivity index (χ0) is 12.6. The van der Waals surface area contributed by atoms with Crippen LogP contribution in [0.4, 0.5) is 0 Å². The molecule has 1 fully saturated rings. The highest BCUT2D eigenvalue weighted by Gasteiger charge is 2.26. The number of benzene rings is 1. The summed E-state index contributed by atoms with van der Waals surface area (Å²) in [5.74, 6) is 0. The van der Waals surface area contributed by atoms with Crippen molar-refractivity contribution in [3.63, 3.8) is 0 Å². The van der Waals surface area contributed by atoms with Gasteiger partial charge in [-0.3, -0.25) is 0 Å². The molecule has 1 N–H and O–H groups in total. The van der Waals surface area contributed by atoms with E-state index >= 15 is 0 Å². The minimum absolute atomic E-state index is 0.451. The number of nitrogens with zero attached hydrogens (tertiary/aromatic N) is 1. The molecule has 0 amide bonds. The van der Waals surface area contributed by atoms with Gasteiger partial charge in [-0.1, -0.05) is 12.5 Å². The Bertz CT molecular complexity index is 548. The van der Waals surface area contributed by atoms with Gasteiger partial charge >= 0.3 is 0 Å². The highest BCUT2D eigenvalue weighted by Crippen LogP contribution is 2.24. The summed E-state index contributed by atoms with van der Waals surface area (Å²) in [5.41, 5.74) is 2.33. The van der Waals surface area contributed by atoms with E-state index in [0.29, 0.717) is 18.0 Å². The molecule has 2 aliphatic heterocycles. The number of rotatable bonds is 2. The van der Waals surface area contributed by atoms with Crippen LogP contribution in [0.25, 0.3) is 0 Å². The molecular weight excluding hydrogens is 248 g/mol. The Balaban J connectivity index is 1.93. The fraction of sp³-hybridized carbons (Fsp3) is 0.538. The molecule has 0 atom stereocenters. The summed E-state index contributed by atoms with van der Waals surface area (Å²) in [6.45, 7) is 2.95. The molecule has 18 heavy (non-hydrogen) atoms. The SMILES string of the molecule is O=S(=O)(c1ccc2c(c1)CNC2)N1CCCCC1. The molecular formula is C13H18N2O2S. The minimum atomic E-state index is -3.28. The van der Waals surface area contributed by atoms with Gasteiger partial charge in [-0.2, -0.15) is 4.31 Å². The monoisotopic (exact) mass is 266 g/mol. The van der Waals surface area contributed by atoms with E-state index in [9.17, 15) is 8.42 Å². The van der Waals surface area contributed by atoms with Gasteiger partial charge in [0.15, 0.2) is 0 Å². The number of hydrogen-bond donors (Lipinski definition) is 1. The van der Waals surface area contributed by atoms with Crippen LogP contribution in [0.15, 0.2) is 23.1 Å². The van der Waals surface area contributed by atoms with E-state index in [1.165, 1.54) is 5.56 Å². The molecule has 5 heteroatoms. The lowest BCUT2D eigenvalue weighted by Gasteiger charge is -2.26. The predicted octanol–water partition coefficient (Wildman–Crippen LogP) is 1.46. The first kappa shape index (κ1) is 12.1. The number of piperidine rings is 1. The van der Waals surface area contributed by atoms with E-state index in [4.69, 9.17) is 0 Å². The van der Waals surface area contributed by atoms with E-state index in [2.05, 4.69) is 5.32 Å². The van der Waals surface area contributed by atoms with Crippen molar-refractivity contribution >= 4 is 10.0 Å². The van der Waals surface area contributed by atoms with Gasteiger partial charge < -0.3 is 5.32 Å². The topological polar surface area (TPSA) is 49.4 Å². The predicted molar refractivity (Wildman–Crippen MR) is 69.6 cm³/mol. The number of hydrogen-bond acceptors (Lipinski definition) is 3. The van der Waals surface area contributed by atoms with E-state index in [0.717, 1.165) is 37.9 Å². The van der Waals surface area contributed by atoms with Gasteiger partial charge in [-0.05, 0) is 36.1 Å². The molecule has 4 nitrogen and oxygen atoms in total. The number of sulfonamides is 1. The van der Waals surface area contributed by atoms with Crippen molar-refractivity contribution in [1.82, 2.24) is 9.62 Å². The molecule has 1 aromatic carbocycles. The molecule has 3 rings (SSSR count). The first-order chi connectivity index (χ1) is 8.68. The third-order valence-electron chi connectivity index (χ3n) is 3.76. The minimum Gasteiger partial charge on any atom is -0.309 e. The first-order valence-corrected chi connectivity index (χ1v) is 7.94. The Labute approximate surface area is 108 Å². The zero-order valence-corrected chi connectivity index (χ0v) is 11.2. The van der Waals surface area contributed by atoms with Crippen LogP contribution in [0.5, 0.6) is 0 Å². The summed E-state index contributed by atoms with van der Waals surface area (Å²) in [4.78, 5) is 0.451. The van der Waals surface area contributed by atoms with Crippen LogP contribution in [-0.4, -0.2) is 25.8 Å². The Kier molecular flexibility index (Phi) is 3.13. The Morgan fingerprint density at radius 1 is 1.00 bits per heavy atom. The molecule has 0 aliphatic carbocycles. The van der Waals surface area contributed by atoms with Crippen molar-refractivity contribution in [2.45, 2.75) is 37.2 Å². The maximum absolute atomic E-state index is 12.5. The van der Waals surface area contributed by atoms with Crippen LogP contribution in [0.2, 0.25) is 0 Å². The van der Waals surface area contributed by atoms with Gasteiger partial charge in [-0.25, -0.2) is 8.42 Å². The first-order valence-electron chi connectivity index (χ1n) is 6.50. The smallest absolute Gasteiger partial charge is 0.243 e. The summed E-state index contributed by atoms with van der Waals surface area (Å²) in [6.07, 6.45) is 3.09. The summed E-state index contributed by atoms with van der Waals surface area (Å²) in [7, 11) is -3.28. The normalized spacial score (nSPS) is 20.9. The van der Waals surface area contributed by atoms with Crippen molar-refractivity contribution in [3.8, 4) is 0 Å². The van der Waals surface area contributed by atoms with Gasteiger partial charge in [0.25, 0.3) is 0 Å². The van der Waals surface area contributed by atoms with E-state index < -0.39 is 10.0 Å². The van der Waals surface area contributed by atoms with Crippen LogP contribution in [0.3, 0.4) is 0 Å². The van der Waals surface area contributed by atoms with Crippen LogP contribution in [0, 0.1) is 0 Å².